The molecule has 0 saturated carbocycles. The maximum atomic E-state index is 12.7. The highest BCUT2D eigenvalue weighted by molar-refractivity contribution is 5.65. The lowest BCUT2D eigenvalue weighted by molar-refractivity contribution is 0.835. The van der Waals surface area contributed by atoms with Gasteiger partial charge in [-0.1, -0.05) is 47.5 Å². The molecule has 0 radical (unpaired) electrons. The molecular formula is C18H18N2O. The topological polar surface area (TPSA) is 37.8 Å². The van der Waals surface area contributed by atoms with Crippen LogP contribution >= 0.6 is 0 Å². The second-order valence-corrected chi connectivity index (χ2v) is 5.45. The SMILES string of the molecule is Cc1ccc(-c2c(C)[nH]n(-c3ccc(C)cc3)c2=O)cc1. The van der Waals surface area contributed by atoms with Crippen LogP contribution in [0.4, 0.5) is 0 Å². The van der Waals surface area contributed by atoms with Crippen molar-refractivity contribution in [1.82, 2.24) is 9.78 Å². The van der Waals surface area contributed by atoms with E-state index in [0.29, 0.717) is 0 Å². The minimum Gasteiger partial charge on any atom is -0.295 e. The lowest BCUT2D eigenvalue weighted by Crippen LogP contribution is -2.15. The summed E-state index contributed by atoms with van der Waals surface area (Å²) in [7, 11) is 0. The van der Waals surface area contributed by atoms with Gasteiger partial charge in [-0.2, -0.15) is 0 Å². The lowest BCUT2D eigenvalue weighted by atomic mass is 10.1. The van der Waals surface area contributed by atoms with Crippen molar-refractivity contribution in [3.8, 4) is 16.8 Å². The number of H-pyrrole nitrogens is 1. The van der Waals surface area contributed by atoms with Crippen LogP contribution in [0.3, 0.4) is 0 Å². The number of benzene rings is 2. The molecule has 0 fully saturated rings. The fraction of sp³-hybridized carbons (Fsp3) is 0.167. The van der Waals surface area contributed by atoms with Gasteiger partial charge >= 0.3 is 0 Å². The molecule has 3 rings (SSSR count). The standard InChI is InChI=1S/C18H18N2O/c1-12-4-8-15(9-5-12)17-14(3)19-20(18(17)21)16-10-6-13(2)7-11-16/h4-11,19H,1-3H3. The van der Waals surface area contributed by atoms with Crippen LogP contribution in [-0.2, 0) is 0 Å². The molecular weight excluding hydrogens is 260 g/mol. The Bertz CT molecular complexity index is 821. The van der Waals surface area contributed by atoms with Gasteiger partial charge in [0.2, 0.25) is 0 Å². The van der Waals surface area contributed by atoms with E-state index in [1.165, 1.54) is 11.1 Å². The fourth-order valence-corrected chi connectivity index (χ4v) is 2.48. The first-order chi connectivity index (χ1) is 10.1. The van der Waals surface area contributed by atoms with Gasteiger partial charge in [-0.3, -0.25) is 9.89 Å². The van der Waals surface area contributed by atoms with Crippen LogP contribution in [0.2, 0.25) is 0 Å². The molecule has 0 bridgehead atoms. The molecule has 3 aromatic rings. The normalized spacial score (nSPS) is 10.8. The summed E-state index contributed by atoms with van der Waals surface area (Å²) in [6, 6.07) is 15.9. The number of nitrogens with zero attached hydrogens (tertiary/aromatic N) is 1. The molecule has 0 saturated heterocycles. The Kier molecular flexibility index (Phi) is 3.26. The Balaban J connectivity index is 2.14. The van der Waals surface area contributed by atoms with E-state index in [1.54, 1.807) is 4.68 Å². The third-order valence-corrected chi connectivity index (χ3v) is 3.70. The maximum Gasteiger partial charge on any atom is 0.279 e. The average molecular weight is 278 g/mol. The molecule has 1 N–H and O–H groups in total. The van der Waals surface area contributed by atoms with Gasteiger partial charge in [-0.25, -0.2) is 4.68 Å². The van der Waals surface area contributed by atoms with E-state index in [-0.39, 0.29) is 5.56 Å². The highest BCUT2D eigenvalue weighted by Gasteiger charge is 2.13. The summed E-state index contributed by atoms with van der Waals surface area (Å²) in [5.74, 6) is 0. The second kappa shape index (κ2) is 5.09. The van der Waals surface area contributed by atoms with Gasteiger partial charge in [0, 0.05) is 5.69 Å². The molecule has 21 heavy (non-hydrogen) atoms. The summed E-state index contributed by atoms with van der Waals surface area (Å²) in [6.07, 6.45) is 0. The van der Waals surface area contributed by atoms with E-state index in [1.807, 2.05) is 69.3 Å². The van der Waals surface area contributed by atoms with Crippen molar-refractivity contribution < 1.29 is 0 Å². The number of hydrogen-bond donors (Lipinski definition) is 1. The van der Waals surface area contributed by atoms with Crippen LogP contribution in [0.25, 0.3) is 16.8 Å². The van der Waals surface area contributed by atoms with E-state index in [4.69, 9.17) is 0 Å². The molecule has 3 nitrogen and oxygen atoms in total. The van der Waals surface area contributed by atoms with Gasteiger partial charge in [0.15, 0.2) is 0 Å². The predicted molar refractivity (Wildman–Crippen MR) is 86.0 cm³/mol. The first-order valence-electron chi connectivity index (χ1n) is 7.02. The Morgan fingerprint density at radius 2 is 1.33 bits per heavy atom. The molecule has 0 aliphatic carbocycles. The molecule has 106 valence electrons. The Hall–Kier alpha value is -2.55. The number of aromatic amines is 1. The predicted octanol–water partition coefficient (Wildman–Crippen LogP) is 3.76. The summed E-state index contributed by atoms with van der Waals surface area (Å²) in [6.45, 7) is 6.00. The average Bonchev–Trinajstić information content (AvgIpc) is 2.76. The van der Waals surface area contributed by atoms with Crippen molar-refractivity contribution in [3.05, 3.63) is 75.7 Å². The number of rotatable bonds is 2. The Morgan fingerprint density at radius 3 is 1.90 bits per heavy atom. The molecule has 0 atom stereocenters. The molecule has 0 amide bonds. The van der Waals surface area contributed by atoms with Crippen LogP contribution in [0, 0.1) is 20.8 Å². The fourth-order valence-electron chi connectivity index (χ4n) is 2.48. The molecule has 0 aliphatic heterocycles. The number of hydrogen-bond acceptors (Lipinski definition) is 1. The van der Waals surface area contributed by atoms with Crippen molar-refractivity contribution in [2.45, 2.75) is 20.8 Å². The molecule has 0 spiro atoms. The zero-order valence-corrected chi connectivity index (χ0v) is 12.5. The van der Waals surface area contributed by atoms with Crippen LogP contribution < -0.4 is 5.56 Å². The zero-order valence-electron chi connectivity index (χ0n) is 12.5. The minimum absolute atomic E-state index is 0.0137. The summed E-state index contributed by atoms with van der Waals surface area (Å²) < 4.78 is 1.60. The van der Waals surface area contributed by atoms with E-state index in [0.717, 1.165) is 22.5 Å². The summed E-state index contributed by atoms with van der Waals surface area (Å²) in [5, 5.41) is 3.17. The lowest BCUT2D eigenvalue weighted by Gasteiger charge is -2.01. The van der Waals surface area contributed by atoms with Gasteiger partial charge in [0.05, 0.1) is 11.3 Å². The van der Waals surface area contributed by atoms with Crippen LogP contribution in [-0.4, -0.2) is 9.78 Å². The Morgan fingerprint density at radius 1 is 0.810 bits per heavy atom. The molecule has 0 unspecified atom stereocenters. The molecule has 2 aromatic carbocycles. The quantitative estimate of drug-likeness (QED) is 0.761. The summed E-state index contributed by atoms with van der Waals surface area (Å²) >= 11 is 0. The van der Waals surface area contributed by atoms with E-state index < -0.39 is 0 Å². The Labute approximate surface area is 123 Å². The van der Waals surface area contributed by atoms with Crippen molar-refractivity contribution in [3.63, 3.8) is 0 Å². The van der Waals surface area contributed by atoms with Crippen molar-refractivity contribution in [2.24, 2.45) is 0 Å². The molecule has 0 aliphatic rings. The highest BCUT2D eigenvalue weighted by Crippen LogP contribution is 2.20. The summed E-state index contributed by atoms with van der Waals surface area (Å²) in [5.41, 5.74) is 5.76. The zero-order chi connectivity index (χ0) is 15.0. The van der Waals surface area contributed by atoms with Crippen LogP contribution in [0.1, 0.15) is 16.8 Å². The number of aryl methyl sites for hydroxylation is 3. The largest absolute Gasteiger partial charge is 0.295 e. The molecule has 3 heteroatoms. The highest BCUT2D eigenvalue weighted by atomic mass is 16.1. The van der Waals surface area contributed by atoms with E-state index in [9.17, 15) is 4.79 Å². The van der Waals surface area contributed by atoms with Crippen molar-refractivity contribution in [1.29, 1.82) is 0 Å². The number of aromatic nitrogens is 2. The van der Waals surface area contributed by atoms with Crippen LogP contribution in [0.15, 0.2) is 53.3 Å². The van der Waals surface area contributed by atoms with E-state index >= 15 is 0 Å². The van der Waals surface area contributed by atoms with Gasteiger partial charge in [0.25, 0.3) is 5.56 Å². The van der Waals surface area contributed by atoms with Crippen molar-refractivity contribution in [2.75, 3.05) is 0 Å². The third kappa shape index (κ3) is 2.42. The molecule has 1 aromatic heterocycles. The smallest absolute Gasteiger partial charge is 0.279 e. The molecule has 1 heterocycles. The first-order valence-corrected chi connectivity index (χ1v) is 7.02. The van der Waals surface area contributed by atoms with Crippen molar-refractivity contribution >= 4 is 0 Å². The van der Waals surface area contributed by atoms with Crippen LogP contribution in [0.5, 0.6) is 0 Å². The monoisotopic (exact) mass is 278 g/mol. The van der Waals surface area contributed by atoms with Gasteiger partial charge in [0.1, 0.15) is 0 Å². The summed E-state index contributed by atoms with van der Waals surface area (Å²) in [4.78, 5) is 12.7. The first kappa shape index (κ1) is 13.4. The van der Waals surface area contributed by atoms with Gasteiger partial charge in [-0.15, -0.1) is 0 Å². The third-order valence-electron chi connectivity index (χ3n) is 3.70. The number of nitrogens with one attached hydrogen (secondary N) is 1. The van der Waals surface area contributed by atoms with Gasteiger partial charge < -0.3 is 0 Å². The minimum atomic E-state index is -0.0137. The maximum absolute atomic E-state index is 12.7. The van der Waals surface area contributed by atoms with E-state index in [2.05, 4.69) is 5.10 Å². The van der Waals surface area contributed by atoms with Gasteiger partial charge in [-0.05, 0) is 38.5 Å². The second-order valence-electron chi connectivity index (χ2n) is 5.45.